The van der Waals surface area contributed by atoms with Crippen molar-refractivity contribution in [2.24, 2.45) is 11.8 Å². The minimum Gasteiger partial charge on any atom is -0.481 e. The Morgan fingerprint density at radius 1 is 1.00 bits per heavy atom. The fourth-order valence-corrected chi connectivity index (χ4v) is 5.70. The van der Waals surface area contributed by atoms with Gasteiger partial charge in [-0.15, -0.1) is 11.3 Å². The number of hydrogen-bond donors (Lipinski definition) is 3. The Morgan fingerprint density at radius 2 is 1.66 bits per heavy atom. The number of nitrogens with one attached hydrogen (secondary N) is 2. The molecule has 1 heterocycles. The molecule has 0 spiro atoms. The van der Waals surface area contributed by atoms with Crippen LogP contribution in [0.4, 0.5) is 5.00 Å². The van der Waals surface area contributed by atoms with Gasteiger partial charge in [-0.1, -0.05) is 11.1 Å². The van der Waals surface area contributed by atoms with E-state index in [1.54, 1.807) is 0 Å². The Morgan fingerprint density at radius 3 is 2.31 bits per heavy atom. The second-order valence-electron chi connectivity index (χ2n) is 8.67. The maximum Gasteiger partial charge on any atom is 0.307 e. The molecule has 0 radical (unpaired) electrons. The van der Waals surface area contributed by atoms with Gasteiger partial charge in [-0.3, -0.25) is 14.4 Å². The van der Waals surface area contributed by atoms with E-state index in [0.29, 0.717) is 23.4 Å². The third-order valence-electron chi connectivity index (χ3n) is 6.47. The first-order chi connectivity index (χ1) is 13.8. The number of hydrogen-bond acceptors (Lipinski definition) is 4. The molecule has 2 atom stereocenters. The molecule has 1 saturated carbocycles. The minimum absolute atomic E-state index is 0.104. The van der Waals surface area contributed by atoms with E-state index in [1.165, 1.54) is 16.2 Å². The van der Waals surface area contributed by atoms with Gasteiger partial charge in [0.2, 0.25) is 5.91 Å². The summed E-state index contributed by atoms with van der Waals surface area (Å²) in [6.45, 7) is 3.90. The maximum atomic E-state index is 13.1. The van der Waals surface area contributed by atoms with E-state index >= 15 is 0 Å². The van der Waals surface area contributed by atoms with E-state index in [1.807, 2.05) is 13.8 Å². The number of aryl methyl sites for hydroxylation is 1. The largest absolute Gasteiger partial charge is 0.481 e. The predicted molar refractivity (Wildman–Crippen MR) is 112 cm³/mol. The number of rotatable bonds is 5. The Kier molecular flexibility index (Phi) is 5.51. The fourth-order valence-electron chi connectivity index (χ4n) is 4.41. The monoisotopic (exact) mass is 416 g/mol. The summed E-state index contributed by atoms with van der Waals surface area (Å²) in [7, 11) is 0. The van der Waals surface area contributed by atoms with Crippen LogP contribution >= 0.6 is 11.3 Å². The van der Waals surface area contributed by atoms with Crippen molar-refractivity contribution in [3.63, 3.8) is 0 Å². The van der Waals surface area contributed by atoms with Gasteiger partial charge in [0.15, 0.2) is 0 Å². The lowest BCUT2D eigenvalue weighted by Gasteiger charge is -2.29. The lowest BCUT2D eigenvalue weighted by atomic mass is 9.76. The molecule has 156 valence electrons. The number of aliphatic carboxylic acids is 1. The van der Waals surface area contributed by atoms with E-state index in [4.69, 9.17) is 0 Å². The van der Waals surface area contributed by atoms with Gasteiger partial charge >= 0.3 is 5.97 Å². The average molecular weight is 417 g/mol. The summed E-state index contributed by atoms with van der Waals surface area (Å²) in [6.07, 6.45) is 6.79. The molecule has 3 aliphatic carbocycles. The van der Waals surface area contributed by atoms with E-state index in [2.05, 4.69) is 10.6 Å². The van der Waals surface area contributed by atoms with Crippen LogP contribution in [0.3, 0.4) is 0 Å². The van der Waals surface area contributed by atoms with Crippen LogP contribution in [0.1, 0.15) is 73.2 Å². The van der Waals surface area contributed by atoms with Crippen LogP contribution in [-0.4, -0.2) is 28.9 Å². The number of fused-ring (bicyclic) bond motifs is 1. The van der Waals surface area contributed by atoms with Crippen molar-refractivity contribution < 1.29 is 19.5 Å². The van der Waals surface area contributed by atoms with Gasteiger partial charge < -0.3 is 15.7 Å². The number of allylic oxidation sites excluding steroid dienone is 2. The van der Waals surface area contributed by atoms with Crippen molar-refractivity contribution in [2.75, 3.05) is 5.32 Å². The van der Waals surface area contributed by atoms with E-state index in [9.17, 15) is 19.5 Å². The number of carbonyl (C=O) groups is 3. The van der Waals surface area contributed by atoms with E-state index in [-0.39, 0.29) is 17.9 Å². The van der Waals surface area contributed by atoms with Crippen LogP contribution in [0.25, 0.3) is 0 Å². The molecule has 3 aliphatic rings. The van der Waals surface area contributed by atoms with Crippen molar-refractivity contribution in [2.45, 2.75) is 71.3 Å². The third kappa shape index (κ3) is 4.10. The summed E-state index contributed by atoms with van der Waals surface area (Å²) in [5, 5.41) is 16.3. The molecule has 29 heavy (non-hydrogen) atoms. The first-order valence-electron chi connectivity index (χ1n) is 10.5. The molecule has 1 fully saturated rings. The van der Waals surface area contributed by atoms with Crippen molar-refractivity contribution in [3.8, 4) is 0 Å². The normalized spacial score (nSPS) is 24.1. The third-order valence-corrected chi connectivity index (χ3v) is 7.68. The first-order valence-corrected chi connectivity index (χ1v) is 11.3. The lowest BCUT2D eigenvalue weighted by Crippen LogP contribution is -2.37. The van der Waals surface area contributed by atoms with Crippen molar-refractivity contribution >= 4 is 34.1 Å². The topological polar surface area (TPSA) is 95.5 Å². The molecule has 1 aromatic heterocycles. The maximum absolute atomic E-state index is 13.1. The van der Waals surface area contributed by atoms with Gasteiger partial charge in [0.05, 0.1) is 17.4 Å². The van der Waals surface area contributed by atoms with Crippen LogP contribution < -0.4 is 10.6 Å². The molecule has 1 aromatic rings. The summed E-state index contributed by atoms with van der Waals surface area (Å²) < 4.78 is 0. The Balaban J connectivity index is 1.61. The summed E-state index contributed by atoms with van der Waals surface area (Å²) in [5.41, 5.74) is 3.81. The van der Waals surface area contributed by atoms with Crippen molar-refractivity contribution in [3.05, 3.63) is 27.2 Å². The average Bonchev–Trinajstić information content (AvgIpc) is 3.41. The van der Waals surface area contributed by atoms with Crippen LogP contribution in [0, 0.1) is 11.8 Å². The molecule has 0 aromatic carbocycles. The molecule has 4 rings (SSSR count). The quantitative estimate of drug-likeness (QED) is 0.634. The zero-order valence-electron chi connectivity index (χ0n) is 17.0. The van der Waals surface area contributed by atoms with Gasteiger partial charge in [0.25, 0.3) is 5.91 Å². The molecular formula is C22H28N2O4S. The molecule has 0 bridgehead atoms. The van der Waals surface area contributed by atoms with Gasteiger partial charge in [-0.05, 0) is 70.8 Å². The highest BCUT2D eigenvalue weighted by Gasteiger charge is 2.38. The number of amides is 2. The fraction of sp³-hybridized carbons (Fsp3) is 0.591. The van der Waals surface area contributed by atoms with Crippen molar-refractivity contribution in [1.29, 1.82) is 0 Å². The Hall–Kier alpha value is -2.15. The van der Waals surface area contributed by atoms with Gasteiger partial charge in [0, 0.05) is 10.9 Å². The predicted octanol–water partition coefficient (Wildman–Crippen LogP) is 3.90. The molecule has 3 N–H and O–H groups in total. The Bertz CT molecular complexity index is 897. The number of carboxylic acids is 1. The molecular weight excluding hydrogens is 388 g/mol. The second kappa shape index (κ2) is 7.94. The number of anilines is 1. The minimum atomic E-state index is -0.936. The van der Waals surface area contributed by atoms with Crippen LogP contribution in [0.15, 0.2) is 11.1 Å². The smallest absolute Gasteiger partial charge is 0.307 e. The van der Waals surface area contributed by atoms with Crippen LogP contribution in [0.5, 0.6) is 0 Å². The Labute approximate surface area is 174 Å². The summed E-state index contributed by atoms with van der Waals surface area (Å²) in [5.74, 6) is -2.67. The standard InChI is InChI=1S/C22H28N2O4S/c1-11-9-15(16(22(27)28)10-12(11)2)19(25)24-21-18(20(26)23-13-7-8-13)14-5-3-4-6-17(14)29-21/h13,15-16H,3-10H2,1-2H3,(H,23,26)(H,24,25)(H,27,28)/t15-,16-/m1/s1. The highest BCUT2D eigenvalue weighted by molar-refractivity contribution is 7.17. The van der Waals surface area contributed by atoms with Crippen molar-refractivity contribution in [1.82, 2.24) is 5.32 Å². The molecule has 7 heteroatoms. The molecule has 0 aliphatic heterocycles. The zero-order chi connectivity index (χ0) is 20.7. The number of carboxylic acid groups (broad SMARTS) is 1. The molecule has 0 unspecified atom stereocenters. The molecule has 2 amide bonds. The summed E-state index contributed by atoms with van der Waals surface area (Å²) in [4.78, 5) is 39.0. The first kappa shape index (κ1) is 20.1. The van der Waals surface area contributed by atoms with Gasteiger partial charge in [-0.25, -0.2) is 0 Å². The second-order valence-corrected chi connectivity index (χ2v) is 9.78. The number of carbonyl (C=O) groups excluding carboxylic acids is 2. The van der Waals surface area contributed by atoms with Gasteiger partial charge in [0.1, 0.15) is 5.00 Å². The molecule has 0 saturated heterocycles. The summed E-state index contributed by atoms with van der Waals surface area (Å²) in [6, 6.07) is 0.246. The van der Waals surface area contributed by atoms with E-state index in [0.717, 1.165) is 55.2 Å². The molecule has 6 nitrogen and oxygen atoms in total. The SMILES string of the molecule is CC1=C(C)C[C@@H](C(=O)Nc2sc3c(c2C(=O)NC2CC2)CCCC3)[C@H](C(=O)O)C1. The van der Waals surface area contributed by atoms with Gasteiger partial charge in [-0.2, -0.15) is 0 Å². The highest BCUT2D eigenvalue weighted by Crippen LogP contribution is 2.40. The zero-order valence-corrected chi connectivity index (χ0v) is 17.8. The van der Waals surface area contributed by atoms with Crippen LogP contribution in [0.2, 0.25) is 0 Å². The van der Waals surface area contributed by atoms with E-state index < -0.39 is 17.8 Å². The number of thiophene rings is 1. The van der Waals surface area contributed by atoms with Crippen LogP contribution in [-0.2, 0) is 22.4 Å². The summed E-state index contributed by atoms with van der Waals surface area (Å²) >= 11 is 1.49. The lowest BCUT2D eigenvalue weighted by molar-refractivity contribution is -0.146. The highest BCUT2D eigenvalue weighted by atomic mass is 32.1.